The van der Waals surface area contributed by atoms with Crippen molar-refractivity contribution < 1.29 is 13.3 Å². The molecule has 0 heterocycles. The summed E-state index contributed by atoms with van der Waals surface area (Å²) in [6.07, 6.45) is 4.92. The fourth-order valence-electron chi connectivity index (χ4n) is 1.63. The smallest absolute Gasteiger partial charge is 0.355 e. The van der Waals surface area contributed by atoms with Crippen molar-refractivity contribution in [1.82, 2.24) is 0 Å². The van der Waals surface area contributed by atoms with Gasteiger partial charge in [0.05, 0.1) is 6.61 Å². The standard InChI is InChI=1S/C15H28O3Si2/c1-5-6-7-8-13-16-14-9-11-15(12-10-14)17-19-18-20(2,3)4/h9-12H,5-8,13,19H2,1-4H3. The van der Waals surface area contributed by atoms with Crippen LogP contribution in [0.5, 0.6) is 11.5 Å². The van der Waals surface area contributed by atoms with E-state index in [0.717, 1.165) is 24.5 Å². The van der Waals surface area contributed by atoms with E-state index in [2.05, 4.69) is 26.6 Å². The van der Waals surface area contributed by atoms with Crippen LogP contribution in [0.2, 0.25) is 19.6 Å². The second kappa shape index (κ2) is 9.21. The number of unbranched alkanes of at least 4 members (excludes halogenated alkanes) is 3. The fraction of sp³-hybridized carbons (Fsp3) is 0.600. The van der Waals surface area contributed by atoms with Crippen LogP contribution in [0, 0.1) is 0 Å². The van der Waals surface area contributed by atoms with Crippen LogP contribution in [0.1, 0.15) is 32.6 Å². The van der Waals surface area contributed by atoms with Crippen molar-refractivity contribution in [3.05, 3.63) is 24.3 Å². The zero-order valence-electron chi connectivity index (χ0n) is 13.3. The summed E-state index contributed by atoms with van der Waals surface area (Å²) in [7, 11) is -2.35. The van der Waals surface area contributed by atoms with E-state index in [-0.39, 0.29) is 0 Å². The van der Waals surface area contributed by atoms with E-state index in [0.29, 0.717) is 0 Å². The maximum Gasteiger partial charge on any atom is 0.355 e. The van der Waals surface area contributed by atoms with Crippen molar-refractivity contribution in [3.63, 3.8) is 0 Å². The van der Waals surface area contributed by atoms with E-state index in [9.17, 15) is 0 Å². The molecule has 0 bridgehead atoms. The van der Waals surface area contributed by atoms with Gasteiger partial charge in [-0.15, -0.1) is 0 Å². The summed E-state index contributed by atoms with van der Waals surface area (Å²) in [5.74, 6) is 1.80. The van der Waals surface area contributed by atoms with Crippen molar-refractivity contribution in [2.45, 2.75) is 52.2 Å². The summed E-state index contributed by atoms with van der Waals surface area (Å²) in [5, 5.41) is 0. The molecule has 0 aromatic heterocycles. The number of hydrogen-bond donors (Lipinski definition) is 0. The molecule has 0 radical (unpaired) electrons. The zero-order chi connectivity index (χ0) is 14.8. The highest BCUT2D eigenvalue weighted by Gasteiger charge is 2.13. The Morgan fingerprint density at radius 2 is 1.60 bits per heavy atom. The molecule has 0 atom stereocenters. The molecule has 0 aliphatic heterocycles. The second-order valence-electron chi connectivity index (χ2n) is 5.90. The normalized spacial score (nSPS) is 12.0. The van der Waals surface area contributed by atoms with Gasteiger partial charge >= 0.3 is 10.0 Å². The molecule has 0 fully saturated rings. The minimum Gasteiger partial charge on any atom is -0.525 e. The van der Waals surface area contributed by atoms with E-state index in [1.165, 1.54) is 19.3 Å². The van der Waals surface area contributed by atoms with Gasteiger partial charge in [0.1, 0.15) is 11.5 Å². The van der Waals surface area contributed by atoms with Gasteiger partial charge in [-0.05, 0) is 50.3 Å². The third-order valence-electron chi connectivity index (χ3n) is 2.81. The molecule has 1 aromatic carbocycles. The predicted octanol–water partition coefficient (Wildman–Crippen LogP) is 3.87. The largest absolute Gasteiger partial charge is 0.525 e. The number of hydrogen-bond acceptors (Lipinski definition) is 3. The Bertz CT molecular complexity index is 360. The average molecular weight is 313 g/mol. The van der Waals surface area contributed by atoms with E-state index in [1.807, 2.05) is 24.3 Å². The van der Waals surface area contributed by atoms with Gasteiger partial charge in [0.2, 0.25) is 0 Å². The second-order valence-corrected chi connectivity index (χ2v) is 11.8. The first-order chi connectivity index (χ1) is 9.51. The molecular formula is C15H28O3Si2. The predicted molar refractivity (Wildman–Crippen MR) is 89.7 cm³/mol. The van der Waals surface area contributed by atoms with Gasteiger partial charge in [-0.2, -0.15) is 0 Å². The Balaban J connectivity index is 2.22. The van der Waals surface area contributed by atoms with E-state index in [4.69, 9.17) is 13.3 Å². The summed E-state index contributed by atoms with van der Waals surface area (Å²) in [4.78, 5) is 0. The first-order valence-electron chi connectivity index (χ1n) is 7.51. The molecule has 0 saturated heterocycles. The molecule has 114 valence electrons. The molecular weight excluding hydrogens is 284 g/mol. The third-order valence-corrected chi connectivity index (χ3v) is 7.19. The monoisotopic (exact) mass is 312 g/mol. The molecule has 0 amide bonds. The van der Waals surface area contributed by atoms with Crippen LogP contribution >= 0.6 is 0 Å². The van der Waals surface area contributed by atoms with Crippen LogP contribution < -0.4 is 9.16 Å². The lowest BCUT2D eigenvalue weighted by Gasteiger charge is -2.17. The van der Waals surface area contributed by atoms with Crippen molar-refractivity contribution >= 4 is 18.3 Å². The van der Waals surface area contributed by atoms with Gasteiger partial charge in [0.15, 0.2) is 8.32 Å². The van der Waals surface area contributed by atoms with Crippen LogP contribution in [0.15, 0.2) is 24.3 Å². The highest BCUT2D eigenvalue weighted by atomic mass is 28.4. The van der Waals surface area contributed by atoms with Crippen molar-refractivity contribution in [1.29, 1.82) is 0 Å². The van der Waals surface area contributed by atoms with Gasteiger partial charge in [-0.25, -0.2) is 0 Å². The van der Waals surface area contributed by atoms with Crippen LogP contribution in [0.25, 0.3) is 0 Å². The lowest BCUT2D eigenvalue weighted by molar-refractivity contribution is 0.304. The molecule has 1 aromatic rings. The van der Waals surface area contributed by atoms with Crippen LogP contribution in [0.4, 0.5) is 0 Å². The molecule has 20 heavy (non-hydrogen) atoms. The molecule has 0 N–H and O–H groups in total. The molecule has 0 aliphatic carbocycles. The summed E-state index contributed by atoms with van der Waals surface area (Å²) in [6, 6.07) is 7.86. The number of rotatable bonds is 10. The summed E-state index contributed by atoms with van der Waals surface area (Å²) in [6.45, 7) is 9.55. The fourth-order valence-corrected chi connectivity index (χ4v) is 3.60. The Morgan fingerprint density at radius 3 is 2.20 bits per heavy atom. The lowest BCUT2D eigenvalue weighted by atomic mass is 10.2. The minimum atomic E-state index is -1.44. The first kappa shape index (κ1) is 17.3. The van der Waals surface area contributed by atoms with Gasteiger partial charge in [0, 0.05) is 0 Å². The third kappa shape index (κ3) is 8.40. The van der Waals surface area contributed by atoms with Crippen LogP contribution in [0.3, 0.4) is 0 Å². The molecule has 0 unspecified atom stereocenters. The molecule has 1 rings (SSSR count). The number of ether oxygens (including phenoxy) is 1. The van der Waals surface area contributed by atoms with Gasteiger partial charge in [-0.1, -0.05) is 26.2 Å². The molecule has 3 nitrogen and oxygen atoms in total. The lowest BCUT2D eigenvalue weighted by Crippen LogP contribution is -2.29. The SMILES string of the molecule is CCCCCCOc1ccc(O[SiH2]O[Si](C)(C)C)cc1. The Kier molecular flexibility index (Phi) is 7.95. The summed E-state index contributed by atoms with van der Waals surface area (Å²) >= 11 is 0. The van der Waals surface area contributed by atoms with Crippen LogP contribution in [-0.4, -0.2) is 24.9 Å². The van der Waals surface area contributed by atoms with E-state index < -0.39 is 18.3 Å². The highest BCUT2D eigenvalue weighted by molar-refractivity contribution is 6.73. The van der Waals surface area contributed by atoms with Crippen molar-refractivity contribution in [3.8, 4) is 11.5 Å². The summed E-state index contributed by atoms with van der Waals surface area (Å²) in [5.41, 5.74) is 0. The molecule has 0 saturated carbocycles. The minimum absolute atomic E-state index is 0.799. The van der Waals surface area contributed by atoms with Crippen molar-refractivity contribution in [2.75, 3.05) is 6.61 Å². The quantitative estimate of drug-likeness (QED) is 0.485. The van der Waals surface area contributed by atoms with Gasteiger partial charge < -0.3 is 13.3 Å². The molecule has 0 aliphatic rings. The highest BCUT2D eigenvalue weighted by Crippen LogP contribution is 2.18. The average Bonchev–Trinajstić information content (AvgIpc) is 2.39. The maximum atomic E-state index is 5.79. The van der Waals surface area contributed by atoms with Gasteiger partial charge in [-0.3, -0.25) is 0 Å². The number of benzene rings is 1. The topological polar surface area (TPSA) is 27.7 Å². The zero-order valence-corrected chi connectivity index (χ0v) is 15.7. The van der Waals surface area contributed by atoms with Gasteiger partial charge in [0.25, 0.3) is 0 Å². The van der Waals surface area contributed by atoms with E-state index in [1.54, 1.807) is 0 Å². The Hall–Kier alpha value is -0.786. The van der Waals surface area contributed by atoms with E-state index >= 15 is 0 Å². The maximum absolute atomic E-state index is 5.79. The Labute approximate surface area is 126 Å². The van der Waals surface area contributed by atoms with Crippen LogP contribution in [-0.2, 0) is 4.12 Å². The summed E-state index contributed by atoms with van der Waals surface area (Å²) < 4.78 is 17.2. The first-order valence-corrected chi connectivity index (χ1v) is 12.1. The van der Waals surface area contributed by atoms with Crippen molar-refractivity contribution in [2.24, 2.45) is 0 Å². The molecule has 5 heteroatoms. The Morgan fingerprint density at radius 1 is 0.950 bits per heavy atom. The molecule has 0 spiro atoms.